The first-order valence-corrected chi connectivity index (χ1v) is 7.43. The fraction of sp³-hybridized carbons (Fsp3) is 0.500. The molecule has 1 aromatic heterocycles. The molecule has 106 valence electrons. The van der Waals surface area contributed by atoms with Crippen molar-refractivity contribution in [3.05, 3.63) is 30.5 Å². The van der Waals surface area contributed by atoms with Gasteiger partial charge in [-0.05, 0) is 30.7 Å². The summed E-state index contributed by atoms with van der Waals surface area (Å²) in [7, 11) is 0. The fourth-order valence-corrected chi connectivity index (χ4v) is 3.18. The van der Waals surface area contributed by atoms with E-state index >= 15 is 0 Å². The van der Waals surface area contributed by atoms with E-state index in [1.165, 1.54) is 19.3 Å². The number of nitrogens with zero attached hydrogens (tertiary/aromatic N) is 2. The number of hydrogen-bond acceptors (Lipinski definition) is 4. The normalized spacial score (nSPS) is 22.9. The van der Waals surface area contributed by atoms with Crippen LogP contribution in [0.2, 0.25) is 0 Å². The molecule has 1 heterocycles. The van der Waals surface area contributed by atoms with Gasteiger partial charge in [-0.1, -0.05) is 31.0 Å². The van der Waals surface area contributed by atoms with Crippen LogP contribution in [0.25, 0.3) is 10.9 Å². The van der Waals surface area contributed by atoms with Gasteiger partial charge in [-0.15, -0.1) is 0 Å². The highest BCUT2D eigenvalue weighted by molar-refractivity contribution is 5.90. The van der Waals surface area contributed by atoms with Crippen molar-refractivity contribution in [2.75, 3.05) is 18.5 Å². The van der Waals surface area contributed by atoms with Crippen LogP contribution in [0.5, 0.6) is 0 Å². The van der Waals surface area contributed by atoms with Gasteiger partial charge in [-0.3, -0.25) is 0 Å². The molecule has 0 amide bonds. The summed E-state index contributed by atoms with van der Waals surface area (Å²) in [5.74, 6) is 0.998. The number of anilines is 1. The molecule has 4 nitrogen and oxygen atoms in total. The molecule has 4 heteroatoms. The van der Waals surface area contributed by atoms with Crippen molar-refractivity contribution in [3.63, 3.8) is 0 Å². The molecule has 2 unspecified atom stereocenters. The summed E-state index contributed by atoms with van der Waals surface area (Å²) in [6, 6.07) is 8.04. The summed E-state index contributed by atoms with van der Waals surface area (Å²) < 4.78 is 0. The highest BCUT2D eigenvalue weighted by Crippen LogP contribution is 2.30. The Morgan fingerprint density at radius 2 is 1.95 bits per heavy atom. The lowest BCUT2D eigenvalue weighted by Gasteiger charge is -2.30. The zero-order valence-electron chi connectivity index (χ0n) is 11.6. The van der Waals surface area contributed by atoms with E-state index in [4.69, 9.17) is 0 Å². The van der Waals surface area contributed by atoms with Crippen LogP contribution in [0.3, 0.4) is 0 Å². The first kappa shape index (κ1) is 13.3. The summed E-state index contributed by atoms with van der Waals surface area (Å²) in [5.41, 5.74) is 1.96. The van der Waals surface area contributed by atoms with E-state index in [2.05, 4.69) is 21.6 Å². The molecule has 1 aliphatic carbocycles. The molecule has 2 atom stereocenters. The molecule has 20 heavy (non-hydrogen) atoms. The van der Waals surface area contributed by atoms with Gasteiger partial charge in [0.05, 0.1) is 17.4 Å². The summed E-state index contributed by atoms with van der Waals surface area (Å²) in [6.45, 7) is 1.21. The molecule has 0 radical (unpaired) electrons. The fourth-order valence-electron chi connectivity index (χ4n) is 3.18. The molecular weight excluding hydrogens is 250 g/mol. The van der Waals surface area contributed by atoms with E-state index in [0.717, 1.165) is 29.6 Å². The number of fused-ring (bicyclic) bond motifs is 1. The molecule has 2 aromatic rings. The Morgan fingerprint density at radius 1 is 1.15 bits per heavy atom. The average molecular weight is 271 g/mol. The molecular formula is C16H21N3O. The third kappa shape index (κ3) is 2.75. The highest BCUT2D eigenvalue weighted by atomic mass is 16.3. The van der Waals surface area contributed by atoms with Crippen LogP contribution in [0.4, 0.5) is 5.69 Å². The monoisotopic (exact) mass is 271 g/mol. The zero-order valence-corrected chi connectivity index (χ0v) is 11.6. The van der Waals surface area contributed by atoms with Crippen molar-refractivity contribution in [2.24, 2.45) is 11.8 Å². The molecule has 1 aromatic carbocycles. The summed E-state index contributed by atoms with van der Waals surface area (Å²) >= 11 is 0. The van der Waals surface area contributed by atoms with E-state index in [-0.39, 0.29) is 0 Å². The Morgan fingerprint density at radius 3 is 2.80 bits per heavy atom. The van der Waals surface area contributed by atoms with E-state index in [0.29, 0.717) is 18.4 Å². The minimum Gasteiger partial charge on any atom is -0.396 e. The number of nitrogens with one attached hydrogen (secondary N) is 1. The number of aliphatic hydroxyl groups excluding tert-OH is 1. The lowest BCUT2D eigenvalue weighted by molar-refractivity contribution is 0.141. The van der Waals surface area contributed by atoms with Gasteiger partial charge in [0.15, 0.2) is 0 Å². The Balaban J connectivity index is 1.73. The number of aliphatic hydroxyl groups is 1. The van der Waals surface area contributed by atoms with Gasteiger partial charge in [0.1, 0.15) is 0 Å². The summed E-state index contributed by atoms with van der Waals surface area (Å²) in [4.78, 5) is 0. The van der Waals surface area contributed by atoms with Crippen molar-refractivity contribution >= 4 is 16.6 Å². The molecule has 0 bridgehead atoms. The third-order valence-electron chi connectivity index (χ3n) is 4.40. The van der Waals surface area contributed by atoms with Crippen LogP contribution in [0.1, 0.15) is 25.7 Å². The van der Waals surface area contributed by atoms with Crippen LogP contribution < -0.4 is 5.32 Å². The first-order valence-electron chi connectivity index (χ1n) is 7.43. The topological polar surface area (TPSA) is 58.0 Å². The molecule has 1 aliphatic rings. The molecule has 0 spiro atoms. The predicted molar refractivity (Wildman–Crippen MR) is 80.6 cm³/mol. The van der Waals surface area contributed by atoms with Gasteiger partial charge >= 0.3 is 0 Å². The van der Waals surface area contributed by atoms with Gasteiger partial charge in [0, 0.05) is 18.5 Å². The molecule has 1 saturated carbocycles. The maximum absolute atomic E-state index is 9.48. The Kier molecular flexibility index (Phi) is 4.11. The van der Waals surface area contributed by atoms with Crippen LogP contribution in [0.15, 0.2) is 30.5 Å². The van der Waals surface area contributed by atoms with Crippen LogP contribution >= 0.6 is 0 Å². The SMILES string of the molecule is OCC1CCCCC1CNc1cnnc2ccccc12. The smallest absolute Gasteiger partial charge is 0.0950 e. The molecule has 3 rings (SSSR count). The predicted octanol–water partition coefficient (Wildman–Crippen LogP) is 2.84. The van der Waals surface area contributed by atoms with Crippen LogP contribution in [0, 0.1) is 11.8 Å². The lowest BCUT2D eigenvalue weighted by Crippen LogP contribution is -2.28. The van der Waals surface area contributed by atoms with Crippen molar-refractivity contribution in [1.82, 2.24) is 10.2 Å². The van der Waals surface area contributed by atoms with Gasteiger partial charge in [-0.2, -0.15) is 10.2 Å². The standard InChI is InChI=1S/C16H21N3O/c20-11-13-6-2-1-5-12(13)9-17-16-10-18-19-15-8-4-3-7-14(15)16/h3-4,7-8,10,12-13,20H,1-2,5-6,9,11H2,(H,17,19). The quantitative estimate of drug-likeness (QED) is 0.897. The Labute approximate surface area is 119 Å². The molecule has 0 aliphatic heterocycles. The first-order chi connectivity index (χ1) is 9.88. The van der Waals surface area contributed by atoms with Gasteiger partial charge in [0.2, 0.25) is 0 Å². The largest absolute Gasteiger partial charge is 0.396 e. The number of benzene rings is 1. The van der Waals surface area contributed by atoms with E-state index in [1.54, 1.807) is 6.20 Å². The summed E-state index contributed by atoms with van der Waals surface area (Å²) in [6.07, 6.45) is 6.67. The maximum Gasteiger partial charge on any atom is 0.0950 e. The van der Waals surface area contributed by atoms with Crippen molar-refractivity contribution in [2.45, 2.75) is 25.7 Å². The van der Waals surface area contributed by atoms with Crippen LogP contribution in [-0.4, -0.2) is 28.5 Å². The second-order valence-electron chi connectivity index (χ2n) is 5.64. The Hall–Kier alpha value is -1.68. The highest BCUT2D eigenvalue weighted by Gasteiger charge is 2.24. The van der Waals surface area contributed by atoms with Gasteiger partial charge in [-0.25, -0.2) is 0 Å². The van der Waals surface area contributed by atoms with E-state index < -0.39 is 0 Å². The second kappa shape index (κ2) is 6.18. The second-order valence-corrected chi connectivity index (χ2v) is 5.64. The molecule has 1 fully saturated rings. The summed E-state index contributed by atoms with van der Waals surface area (Å²) in [5, 5.41) is 22.3. The number of hydrogen-bond donors (Lipinski definition) is 2. The average Bonchev–Trinajstić information content (AvgIpc) is 2.53. The lowest BCUT2D eigenvalue weighted by atomic mass is 9.79. The number of aromatic nitrogens is 2. The molecule has 0 saturated heterocycles. The molecule has 2 N–H and O–H groups in total. The van der Waals surface area contributed by atoms with Crippen molar-refractivity contribution in [1.29, 1.82) is 0 Å². The number of rotatable bonds is 4. The minimum atomic E-state index is 0.307. The van der Waals surface area contributed by atoms with Crippen molar-refractivity contribution in [3.8, 4) is 0 Å². The van der Waals surface area contributed by atoms with Crippen LogP contribution in [-0.2, 0) is 0 Å². The van der Waals surface area contributed by atoms with Gasteiger partial charge in [0.25, 0.3) is 0 Å². The van der Waals surface area contributed by atoms with E-state index in [9.17, 15) is 5.11 Å². The minimum absolute atomic E-state index is 0.307. The van der Waals surface area contributed by atoms with E-state index in [1.807, 2.05) is 18.2 Å². The zero-order chi connectivity index (χ0) is 13.8. The maximum atomic E-state index is 9.48. The third-order valence-corrected chi connectivity index (χ3v) is 4.40. The Bertz CT molecular complexity index is 567. The van der Waals surface area contributed by atoms with Gasteiger partial charge < -0.3 is 10.4 Å². The van der Waals surface area contributed by atoms with Crippen molar-refractivity contribution < 1.29 is 5.11 Å².